The molecule has 0 heterocycles. The van der Waals surface area contributed by atoms with Crippen LogP contribution in [0.2, 0.25) is 0 Å². The van der Waals surface area contributed by atoms with Gasteiger partial charge in [0.05, 0.1) is 0 Å². The Balaban J connectivity index is 0. The number of hydrogen-bond donors (Lipinski definition) is 0. The van der Waals surface area contributed by atoms with Crippen LogP contribution >= 0.6 is 0 Å². The van der Waals surface area contributed by atoms with Crippen LogP contribution in [0.4, 0.5) is 0 Å². The molecule has 0 unspecified atom stereocenters. The largest absolute Gasteiger partial charge is 1.00 e. The molecule has 8 heavy (non-hydrogen) atoms. The van der Waals surface area contributed by atoms with Gasteiger partial charge >= 0.3 is 0 Å². The molecule has 61 valence electrons. The van der Waals surface area contributed by atoms with E-state index in [0.29, 0.717) is 0 Å². The third-order valence-corrected chi connectivity index (χ3v) is 0. The Morgan fingerprint density at radius 1 is 0.500 bits per heavy atom. The molecule has 8 heteroatoms. The van der Waals surface area contributed by atoms with E-state index in [1.165, 1.54) is 0 Å². The maximum absolute atomic E-state index is 0. The van der Waals surface area contributed by atoms with Crippen molar-refractivity contribution in [2.24, 2.45) is 0 Å². The summed E-state index contributed by atoms with van der Waals surface area (Å²) in [5, 5.41) is 0. The van der Waals surface area contributed by atoms with Gasteiger partial charge < -0.3 is 74.4 Å². The second-order valence-corrected chi connectivity index (χ2v) is 0. The standard InChI is InChI=1S/6ClH.Na.Pd.H2/h6*1H;;;1H/p-6. The van der Waals surface area contributed by atoms with E-state index in [9.17, 15) is 0 Å². The van der Waals surface area contributed by atoms with E-state index >= 15 is 0 Å². The normalized spacial score (nSPS) is 0. The Morgan fingerprint density at radius 2 is 0.500 bits per heavy atom. The summed E-state index contributed by atoms with van der Waals surface area (Å²) >= 11 is 0. The van der Waals surface area contributed by atoms with Crippen molar-refractivity contribution in [1.29, 1.82) is 0 Å². The van der Waals surface area contributed by atoms with Gasteiger partial charge in [0.1, 0.15) is 0 Å². The predicted molar refractivity (Wildman–Crippen MR) is 7.87 cm³/mol. The van der Waals surface area contributed by atoms with Gasteiger partial charge in [-0.15, -0.1) is 0 Å². The van der Waals surface area contributed by atoms with Crippen molar-refractivity contribution in [3.05, 3.63) is 0 Å². The molecule has 0 fully saturated rings. The van der Waals surface area contributed by atoms with Crippen LogP contribution in [-0.2, 0) is 20.4 Å². The fourth-order valence-electron chi connectivity index (χ4n) is 0. The summed E-state index contributed by atoms with van der Waals surface area (Å²) in [6.07, 6.45) is 0. The molecule has 0 aliphatic rings. The minimum Gasteiger partial charge on any atom is -1.00 e. The van der Waals surface area contributed by atoms with Gasteiger partial charge in [0, 0.05) is 51.4 Å². The van der Waals surface area contributed by atoms with Crippen molar-refractivity contribution in [2.45, 2.75) is 0 Å². The van der Waals surface area contributed by atoms with Crippen LogP contribution < -0.4 is 74.4 Å². The van der Waals surface area contributed by atoms with Crippen LogP contribution in [-0.4, -0.2) is 29.6 Å². The Bertz CT molecular complexity index is 13.0. The van der Waals surface area contributed by atoms with Crippen LogP contribution in [0.15, 0.2) is 0 Å². The maximum Gasteiger partial charge on any atom is 0 e. The van der Waals surface area contributed by atoms with E-state index in [0.717, 1.165) is 0 Å². The second-order valence-electron chi connectivity index (χ2n) is 0. The van der Waals surface area contributed by atoms with Crippen LogP contribution in [0.1, 0.15) is 1.43 Å². The molecular weight excluding hydrogens is 342 g/mol. The molecule has 0 aliphatic heterocycles. The first-order valence-corrected chi connectivity index (χ1v) is 0. The minimum absolute atomic E-state index is 0. The molecule has 0 spiro atoms. The maximum atomic E-state index is 0. The summed E-state index contributed by atoms with van der Waals surface area (Å²) in [6, 6.07) is 0. The zero-order valence-corrected chi connectivity index (χ0v) is 11.7. The molecule has 0 aliphatic carbocycles. The Hall–Kier alpha value is 3.40. The molecule has 1 radical (unpaired) electrons. The number of hydrogen-bond acceptors (Lipinski definition) is 0. The average molecular weight is 344 g/mol. The quantitative estimate of drug-likeness (QED) is 0.383. The van der Waals surface area contributed by atoms with Crippen molar-refractivity contribution in [2.75, 3.05) is 0 Å². The Morgan fingerprint density at radius 3 is 0.500 bits per heavy atom. The first kappa shape index (κ1) is 107. The zero-order chi connectivity index (χ0) is 0. The van der Waals surface area contributed by atoms with E-state index in [2.05, 4.69) is 0 Å². The van der Waals surface area contributed by atoms with Crippen molar-refractivity contribution >= 4 is 29.6 Å². The van der Waals surface area contributed by atoms with Gasteiger partial charge in [-0.3, -0.25) is 0 Å². The molecule has 0 aromatic rings. The van der Waals surface area contributed by atoms with Gasteiger partial charge in [-0.2, -0.15) is 0 Å². The topological polar surface area (TPSA) is 0 Å². The van der Waals surface area contributed by atoms with Gasteiger partial charge in [0.15, 0.2) is 0 Å². The third-order valence-electron chi connectivity index (χ3n) is 0. The van der Waals surface area contributed by atoms with Gasteiger partial charge in [0.25, 0.3) is 0 Å². The third kappa shape index (κ3) is 57.3. The van der Waals surface area contributed by atoms with E-state index in [1.54, 1.807) is 0 Å². The van der Waals surface area contributed by atoms with Crippen LogP contribution in [0, 0.1) is 0 Å². The summed E-state index contributed by atoms with van der Waals surface area (Å²) < 4.78 is 0. The van der Waals surface area contributed by atoms with Gasteiger partial charge in [-0.25, -0.2) is 0 Å². The fourth-order valence-corrected chi connectivity index (χ4v) is 0. The van der Waals surface area contributed by atoms with E-state index in [1.807, 2.05) is 0 Å². The SMILES string of the molecule is [Cl-].[Cl-].[Cl-].[Cl-].[Cl-].[Cl-].[HH].[Na].[Pd]. The zero-order valence-electron chi connectivity index (χ0n) is 3.58. The minimum atomic E-state index is 0. The van der Waals surface area contributed by atoms with Gasteiger partial charge in [-0.05, 0) is 0 Å². The Labute approximate surface area is 124 Å². The van der Waals surface area contributed by atoms with Crippen LogP contribution in [0.3, 0.4) is 0 Å². The van der Waals surface area contributed by atoms with E-state index in [-0.39, 0.29) is 126 Å². The first-order chi connectivity index (χ1) is 0. The molecule has 0 atom stereocenters. The molecule has 0 rings (SSSR count). The number of rotatable bonds is 0. The predicted octanol–water partition coefficient (Wildman–Crippen LogP) is -18.1. The molecule has 0 nitrogen and oxygen atoms in total. The monoisotopic (exact) mass is 341 g/mol. The fraction of sp³-hybridized carbons (Fsp3) is 0. The molecule has 0 aromatic carbocycles. The van der Waals surface area contributed by atoms with E-state index in [4.69, 9.17) is 0 Å². The summed E-state index contributed by atoms with van der Waals surface area (Å²) in [6.45, 7) is 0. The van der Waals surface area contributed by atoms with Gasteiger partial charge in [0.2, 0.25) is 0 Å². The summed E-state index contributed by atoms with van der Waals surface area (Å²) in [5.74, 6) is 0. The molecule has 0 saturated carbocycles. The van der Waals surface area contributed by atoms with E-state index < -0.39 is 0 Å². The number of halogens is 6. The second kappa shape index (κ2) is 79.4. The molecule has 0 saturated heterocycles. The summed E-state index contributed by atoms with van der Waals surface area (Å²) in [4.78, 5) is 0. The van der Waals surface area contributed by atoms with Gasteiger partial charge in [-0.1, -0.05) is 0 Å². The molecule has 0 N–H and O–H groups in total. The van der Waals surface area contributed by atoms with Crippen molar-refractivity contribution in [1.82, 2.24) is 0 Å². The van der Waals surface area contributed by atoms with Crippen molar-refractivity contribution < 1.29 is 96.3 Å². The van der Waals surface area contributed by atoms with Crippen LogP contribution in [0.25, 0.3) is 0 Å². The molecule has 0 amide bonds. The molecular formula is H2Cl6NaPd-6. The van der Waals surface area contributed by atoms with Crippen LogP contribution in [0.5, 0.6) is 0 Å². The Kier molecular flexibility index (Phi) is 1060. The summed E-state index contributed by atoms with van der Waals surface area (Å²) in [5.41, 5.74) is 0. The van der Waals surface area contributed by atoms with Crippen molar-refractivity contribution in [3.8, 4) is 0 Å². The first-order valence-electron chi connectivity index (χ1n) is 0. The molecule has 0 bridgehead atoms. The molecule has 0 aromatic heterocycles. The smallest absolute Gasteiger partial charge is 0 e. The average Bonchev–Trinajstić information content (AvgIpc) is 0. The summed E-state index contributed by atoms with van der Waals surface area (Å²) in [7, 11) is 0. The van der Waals surface area contributed by atoms with Crippen molar-refractivity contribution in [3.63, 3.8) is 0 Å².